The van der Waals surface area contributed by atoms with Gasteiger partial charge in [0.1, 0.15) is 6.54 Å². The molecule has 0 radical (unpaired) electrons. The Balaban J connectivity index is 1.57. The molecule has 1 aliphatic rings. The first-order valence-electron chi connectivity index (χ1n) is 8.82. The SMILES string of the molecule is O=C(Cn1cnc2cc(-c3ccc(C(F)(F)F)cc3)ccc21)N1CCCC1. The summed E-state index contributed by atoms with van der Waals surface area (Å²) in [5.74, 6) is 0.0821. The minimum atomic E-state index is -4.34. The molecule has 1 saturated heterocycles. The van der Waals surface area contributed by atoms with Crippen LogP contribution in [0.3, 0.4) is 0 Å². The zero-order chi connectivity index (χ0) is 19.0. The molecule has 2 heterocycles. The van der Waals surface area contributed by atoms with Crippen molar-refractivity contribution < 1.29 is 18.0 Å². The zero-order valence-corrected chi connectivity index (χ0v) is 14.5. The molecule has 3 aromatic rings. The van der Waals surface area contributed by atoms with E-state index in [1.807, 2.05) is 27.7 Å². The van der Waals surface area contributed by atoms with Gasteiger partial charge in [-0.2, -0.15) is 13.2 Å². The first kappa shape index (κ1) is 17.6. The number of carbonyl (C=O) groups excluding carboxylic acids is 1. The van der Waals surface area contributed by atoms with Crippen molar-refractivity contribution in [2.75, 3.05) is 13.1 Å². The van der Waals surface area contributed by atoms with Gasteiger partial charge in [0.2, 0.25) is 5.91 Å². The fraction of sp³-hybridized carbons (Fsp3) is 0.300. The molecule has 0 bridgehead atoms. The summed E-state index contributed by atoms with van der Waals surface area (Å²) in [6.07, 6.45) is -0.613. The first-order chi connectivity index (χ1) is 12.9. The lowest BCUT2D eigenvalue weighted by molar-refractivity contribution is -0.137. The molecular weight excluding hydrogens is 355 g/mol. The van der Waals surface area contributed by atoms with Crippen LogP contribution in [0, 0.1) is 0 Å². The lowest BCUT2D eigenvalue weighted by Gasteiger charge is -2.15. The molecule has 2 aromatic carbocycles. The van der Waals surface area contributed by atoms with E-state index >= 15 is 0 Å². The molecule has 1 aliphatic heterocycles. The fourth-order valence-electron chi connectivity index (χ4n) is 3.43. The molecular formula is C20H18F3N3O. The van der Waals surface area contributed by atoms with Gasteiger partial charge in [-0.1, -0.05) is 18.2 Å². The van der Waals surface area contributed by atoms with E-state index in [0.29, 0.717) is 11.1 Å². The van der Waals surface area contributed by atoms with E-state index in [2.05, 4.69) is 4.98 Å². The Morgan fingerprint density at radius 1 is 1.00 bits per heavy atom. The van der Waals surface area contributed by atoms with Crippen LogP contribution in [-0.4, -0.2) is 33.4 Å². The van der Waals surface area contributed by atoms with Gasteiger partial charge in [-0.05, 0) is 48.2 Å². The Morgan fingerprint density at radius 2 is 1.67 bits per heavy atom. The molecule has 1 fully saturated rings. The normalized spacial score (nSPS) is 14.9. The Bertz CT molecular complexity index is 970. The van der Waals surface area contributed by atoms with Crippen molar-refractivity contribution in [3.63, 3.8) is 0 Å². The maximum absolute atomic E-state index is 12.7. The van der Waals surface area contributed by atoms with E-state index in [-0.39, 0.29) is 12.5 Å². The third kappa shape index (κ3) is 3.54. The molecule has 7 heteroatoms. The summed E-state index contributed by atoms with van der Waals surface area (Å²) < 4.78 is 39.9. The molecule has 140 valence electrons. The van der Waals surface area contributed by atoms with Gasteiger partial charge in [0, 0.05) is 13.1 Å². The maximum atomic E-state index is 12.7. The maximum Gasteiger partial charge on any atom is 0.416 e. The van der Waals surface area contributed by atoms with Crippen LogP contribution in [0.4, 0.5) is 13.2 Å². The van der Waals surface area contributed by atoms with Crippen LogP contribution in [0.15, 0.2) is 48.8 Å². The number of alkyl halides is 3. The number of amides is 1. The van der Waals surface area contributed by atoms with Gasteiger partial charge < -0.3 is 9.47 Å². The van der Waals surface area contributed by atoms with E-state index in [1.54, 1.807) is 6.33 Å². The number of rotatable bonds is 3. The van der Waals surface area contributed by atoms with Crippen LogP contribution in [-0.2, 0) is 17.5 Å². The van der Waals surface area contributed by atoms with Gasteiger partial charge in [0.15, 0.2) is 0 Å². The average molecular weight is 373 g/mol. The number of halogens is 3. The van der Waals surface area contributed by atoms with E-state index in [9.17, 15) is 18.0 Å². The van der Waals surface area contributed by atoms with Gasteiger partial charge in [-0.3, -0.25) is 4.79 Å². The van der Waals surface area contributed by atoms with E-state index in [1.165, 1.54) is 12.1 Å². The highest BCUT2D eigenvalue weighted by Gasteiger charge is 2.30. The summed E-state index contributed by atoms with van der Waals surface area (Å²) in [5, 5.41) is 0. The second kappa shape index (κ2) is 6.72. The van der Waals surface area contributed by atoms with Crippen molar-refractivity contribution >= 4 is 16.9 Å². The molecule has 0 N–H and O–H groups in total. The standard InChI is InChI=1S/C20H18F3N3O/c21-20(22,23)16-6-3-14(4-7-16)15-5-8-18-17(11-15)24-13-26(18)12-19(27)25-9-1-2-10-25/h3-8,11,13H,1-2,9-10,12H2. The van der Waals surface area contributed by atoms with Gasteiger partial charge in [-0.25, -0.2) is 4.98 Å². The van der Waals surface area contributed by atoms with Crippen molar-refractivity contribution in [3.05, 3.63) is 54.4 Å². The van der Waals surface area contributed by atoms with Crippen LogP contribution >= 0.6 is 0 Å². The summed E-state index contributed by atoms with van der Waals surface area (Å²) in [6, 6.07) is 10.6. The lowest BCUT2D eigenvalue weighted by Crippen LogP contribution is -2.30. The summed E-state index contributed by atoms with van der Waals surface area (Å²) in [6.45, 7) is 1.86. The summed E-state index contributed by atoms with van der Waals surface area (Å²) >= 11 is 0. The number of aromatic nitrogens is 2. The third-order valence-electron chi connectivity index (χ3n) is 4.93. The minimum Gasteiger partial charge on any atom is -0.341 e. The highest BCUT2D eigenvalue weighted by molar-refractivity contribution is 5.84. The van der Waals surface area contributed by atoms with Crippen LogP contribution in [0.2, 0.25) is 0 Å². The molecule has 0 aliphatic carbocycles. The molecule has 1 aromatic heterocycles. The number of likely N-dealkylation sites (tertiary alicyclic amines) is 1. The highest BCUT2D eigenvalue weighted by atomic mass is 19.4. The van der Waals surface area contributed by atoms with Crippen LogP contribution < -0.4 is 0 Å². The highest BCUT2D eigenvalue weighted by Crippen LogP contribution is 2.31. The van der Waals surface area contributed by atoms with Crippen molar-refractivity contribution in [1.29, 1.82) is 0 Å². The Kier molecular flexibility index (Phi) is 4.37. The molecule has 0 spiro atoms. The molecule has 0 unspecified atom stereocenters. The average Bonchev–Trinajstić information content (AvgIpc) is 3.31. The van der Waals surface area contributed by atoms with Crippen molar-refractivity contribution in [1.82, 2.24) is 14.5 Å². The lowest BCUT2D eigenvalue weighted by atomic mass is 10.0. The number of benzene rings is 2. The predicted octanol–water partition coefficient (Wildman–Crippen LogP) is 4.34. The number of hydrogen-bond donors (Lipinski definition) is 0. The van der Waals surface area contributed by atoms with Crippen molar-refractivity contribution in [2.45, 2.75) is 25.6 Å². The second-order valence-electron chi connectivity index (χ2n) is 6.74. The largest absolute Gasteiger partial charge is 0.416 e. The molecule has 1 amide bonds. The number of fused-ring (bicyclic) bond motifs is 1. The van der Waals surface area contributed by atoms with E-state index in [0.717, 1.165) is 49.1 Å². The summed E-state index contributed by atoms with van der Waals surface area (Å²) in [5.41, 5.74) is 2.34. The van der Waals surface area contributed by atoms with Crippen molar-refractivity contribution in [3.8, 4) is 11.1 Å². The van der Waals surface area contributed by atoms with Gasteiger partial charge in [0.05, 0.1) is 22.9 Å². The van der Waals surface area contributed by atoms with Crippen LogP contribution in [0.1, 0.15) is 18.4 Å². The minimum absolute atomic E-state index is 0.0821. The summed E-state index contributed by atoms with van der Waals surface area (Å²) in [7, 11) is 0. The number of hydrogen-bond acceptors (Lipinski definition) is 2. The zero-order valence-electron chi connectivity index (χ0n) is 14.5. The molecule has 0 saturated carbocycles. The van der Waals surface area contributed by atoms with Crippen molar-refractivity contribution in [2.24, 2.45) is 0 Å². The first-order valence-corrected chi connectivity index (χ1v) is 8.82. The summed E-state index contributed by atoms with van der Waals surface area (Å²) in [4.78, 5) is 18.6. The van der Waals surface area contributed by atoms with Crippen LogP contribution in [0.5, 0.6) is 0 Å². The Morgan fingerprint density at radius 3 is 2.33 bits per heavy atom. The molecule has 0 atom stereocenters. The topological polar surface area (TPSA) is 38.1 Å². The van der Waals surface area contributed by atoms with E-state index in [4.69, 9.17) is 0 Å². The monoisotopic (exact) mass is 373 g/mol. The quantitative estimate of drug-likeness (QED) is 0.685. The molecule has 4 nitrogen and oxygen atoms in total. The fourth-order valence-corrected chi connectivity index (χ4v) is 3.43. The number of nitrogens with zero attached hydrogens (tertiary/aromatic N) is 3. The Labute approximate surface area is 154 Å². The molecule has 4 rings (SSSR count). The second-order valence-corrected chi connectivity index (χ2v) is 6.74. The van der Waals surface area contributed by atoms with Gasteiger partial charge >= 0.3 is 6.18 Å². The Hall–Kier alpha value is -2.83. The number of imidazole rings is 1. The predicted molar refractivity (Wildman–Crippen MR) is 96.0 cm³/mol. The van der Waals surface area contributed by atoms with Gasteiger partial charge in [-0.15, -0.1) is 0 Å². The van der Waals surface area contributed by atoms with Crippen LogP contribution in [0.25, 0.3) is 22.2 Å². The number of carbonyl (C=O) groups is 1. The third-order valence-corrected chi connectivity index (χ3v) is 4.93. The van der Waals surface area contributed by atoms with E-state index < -0.39 is 11.7 Å². The smallest absolute Gasteiger partial charge is 0.341 e. The molecule has 27 heavy (non-hydrogen) atoms. The van der Waals surface area contributed by atoms with Gasteiger partial charge in [0.25, 0.3) is 0 Å².